The molecule has 0 saturated heterocycles. The average molecular weight is 281 g/mol. The van der Waals surface area contributed by atoms with Crippen molar-refractivity contribution in [2.45, 2.75) is 6.54 Å². The minimum Gasteiger partial charge on any atom is -0.357 e. The fourth-order valence-corrected chi connectivity index (χ4v) is 2.29. The van der Waals surface area contributed by atoms with Gasteiger partial charge in [0.1, 0.15) is 0 Å². The number of aromatic nitrogens is 1. The fraction of sp³-hybridized carbons (Fsp3) is 0.0625. The maximum Gasteiger partial charge on any atom is 0.171 e. The number of nitrogens with one attached hydrogen (secondary N) is 3. The first-order chi connectivity index (χ1) is 9.81. The number of para-hydroxylation sites is 2. The first-order valence-corrected chi connectivity index (χ1v) is 6.88. The predicted molar refractivity (Wildman–Crippen MR) is 87.8 cm³/mol. The molecule has 0 saturated carbocycles. The summed E-state index contributed by atoms with van der Waals surface area (Å²) in [7, 11) is 0. The molecule has 3 nitrogen and oxygen atoms in total. The molecule has 2 aromatic carbocycles. The molecular formula is C16H15N3S. The van der Waals surface area contributed by atoms with Gasteiger partial charge in [0.05, 0.1) is 6.54 Å². The molecule has 0 aliphatic heterocycles. The molecule has 0 aliphatic rings. The molecule has 0 amide bonds. The second-order valence-corrected chi connectivity index (χ2v) is 4.96. The zero-order valence-corrected chi connectivity index (χ0v) is 11.7. The van der Waals surface area contributed by atoms with Crippen LogP contribution in [0.15, 0.2) is 60.7 Å². The number of anilines is 1. The third kappa shape index (κ3) is 2.97. The second-order valence-electron chi connectivity index (χ2n) is 4.56. The highest BCUT2D eigenvalue weighted by molar-refractivity contribution is 7.80. The smallest absolute Gasteiger partial charge is 0.171 e. The average Bonchev–Trinajstić information content (AvgIpc) is 2.89. The molecule has 3 N–H and O–H groups in total. The molecule has 0 aliphatic carbocycles. The first-order valence-electron chi connectivity index (χ1n) is 6.48. The van der Waals surface area contributed by atoms with Crippen molar-refractivity contribution in [2.24, 2.45) is 0 Å². The van der Waals surface area contributed by atoms with Gasteiger partial charge in [0.15, 0.2) is 5.11 Å². The van der Waals surface area contributed by atoms with Crippen LogP contribution in [0.4, 0.5) is 5.69 Å². The van der Waals surface area contributed by atoms with Crippen LogP contribution in [0.2, 0.25) is 0 Å². The Morgan fingerprint density at radius 2 is 1.75 bits per heavy atom. The lowest BCUT2D eigenvalue weighted by Crippen LogP contribution is -2.27. The maximum atomic E-state index is 5.28. The van der Waals surface area contributed by atoms with E-state index < -0.39 is 0 Å². The van der Waals surface area contributed by atoms with Gasteiger partial charge >= 0.3 is 0 Å². The van der Waals surface area contributed by atoms with Gasteiger partial charge in [-0.2, -0.15) is 0 Å². The van der Waals surface area contributed by atoms with Crippen molar-refractivity contribution < 1.29 is 0 Å². The summed E-state index contributed by atoms with van der Waals surface area (Å²) in [5.74, 6) is 0. The van der Waals surface area contributed by atoms with Crippen molar-refractivity contribution in [3.63, 3.8) is 0 Å². The number of fused-ring (bicyclic) bond motifs is 1. The summed E-state index contributed by atoms with van der Waals surface area (Å²) in [5.41, 5.74) is 3.25. The largest absolute Gasteiger partial charge is 0.357 e. The molecular weight excluding hydrogens is 266 g/mol. The lowest BCUT2D eigenvalue weighted by atomic mass is 10.2. The van der Waals surface area contributed by atoms with Crippen molar-refractivity contribution >= 4 is 33.9 Å². The summed E-state index contributed by atoms with van der Waals surface area (Å²) < 4.78 is 0. The molecule has 0 fully saturated rings. The normalized spacial score (nSPS) is 10.4. The van der Waals surface area contributed by atoms with Crippen LogP contribution < -0.4 is 10.6 Å². The summed E-state index contributed by atoms with van der Waals surface area (Å²) in [6.45, 7) is 0.674. The van der Waals surface area contributed by atoms with Crippen molar-refractivity contribution in [3.8, 4) is 0 Å². The molecule has 1 heterocycles. The van der Waals surface area contributed by atoms with Crippen LogP contribution in [-0.2, 0) is 6.54 Å². The minimum absolute atomic E-state index is 0.620. The number of hydrogen-bond acceptors (Lipinski definition) is 1. The molecule has 100 valence electrons. The Morgan fingerprint density at radius 1 is 1.00 bits per heavy atom. The predicted octanol–water partition coefficient (Wildman–Crippen LogP) is 3.65. The molecule has 0 spiro atoms. The van der Waals surface area contributed by atoms with Gasteiger partial charge in [-0.05, 0) is 41.9 Å². The molecule has 1 aromatic heterocycles. The van der Waals surface area contributed by atoms with E-state index >= 15 is 0 Å². The Morgan fingerprint density at radius 3 is 2.55 bits per heavy atom. The van der Waals surface area contributed by atoms with E-state index in [1.807, 2.05) is 42.5 Å². The van der Waals surface area contributed by atoms with Gasteiger partial charge in [0, 0.05) is 16.9 Å². The molecule has 4 heteroatoms. The minimum atomic E-state index is 0.620. The van der Waals surface area contributed by atoms with E-state index in [2.05, 4.69) is 33.8 Å². The Labute approximate surface area is 123 Å². The van der Waals surface area contributed by atoms with Gasteiger partial charge in [0.25, 0.3) is 0 Å². The Kier molecular flexibility index (Phi) is 3.65. The number of rotatable bonds is 3. The maximum absolute atomic E-state index is 5.28. The topological polar surface area (TPSA) is 39.9 Å². The molecule has 0 atom stereocenters. The van der Waals surface area contributed by atoms with E-state index in [0.717, 1.165) is 16.9 Å². The van der Waals surface area contributed by atoms with Gasteiger partial charge in [-0.3, -0.25) is 0 Å². The van der Waals surface area contributed by atoms with E-state index in [-0.39, 0.29) is 0 Å². The number of aromatic amines is 1. The summed E-state index contributed by atoms with van der Waals surface area (Å²) in [6.07, 6.45) is 0. The van der Waals surface area contributed by atoms with E-state index in [1.165, 1.54) is 5.39 Å². The van der Waals surface area contributed by atoms with Gasteiger partial charge in [-0.25, -0.2) is 0 Å². The van der Waals surface area contributed by atoms with Crippen LogP contribution in [0.1, 0.15) is 5.69 Å². The lowest BCUT2D eigenvalue weighted by molar-refractivity contribution is 0.897. The number of thiocarbonyl (C=S) groups is 1. The number of benzene rings is 2. The fourth-order valence-electron chi connectivity index (χ4n) is 2.10. The van der Waals surface area contributed by atoms with Crippen molar-refractivity contribution in [2.75, 3.05) is 5.32 Å². The summed E-state index contributed by atoms with van der Waals surface area (Å²) in [6, 6.07) is 20.3. The molecule has 3 rings (SSSR count). The third-order valence-corrected chi connectivity index (χ3v) is 3.30. The summed E-state index contributed by atoms with van der Waals surface area (Å²) >= 11 is 5.28. The molecule has 20 heavy (non-hydrogen) atoms. The summed E-state index contributed by atoms with van der Waals surface area (Å²) in [4.78, 5) is 3.36. The van der Waals surface area contributed by atoms with Crippen LogP contribution in [0.25, 0.3) is 10.9 Å². The lowest BCUT2D eigenvalue weighted by Gasteiger charge is -2.09. The van der Waals surface area contributed by atoms with Crippen molar-refractivity contribution in [1.82, 2.24) is 10.3 Å². The Hall–Kier alpha value is -2.33. The van der Waals surface area contributed by atoms with Crippen LogP contribution in [0.5, 0.6) is 0 Å². The van der Waals surface area contributed by atoms with Crippen LogP contribution in [0, 0.1) is 0 Å². The standard InChI is InChI=1S/C16H15N3S/c20-16(19-13-7-2-1-3-8-13)17-11-14-10-12-6-4-5-9-15(12)18-14/h1-10,18H,11H2,(H2,17,19,20). The Balaban J connectivity index is 1.60. The zero-order valence-electron chi connectivity index (χ0n) is 10.9. The van der Waals surface area contributed by atoms with Gasteiger partial charge in [-0.15, -0.1) is 0 Å². The van der Waals surface area contributed by atoms with Crippen molar-refractivity contribution in [1.29, 1.82) is 0 Å². The molecule has 0 bridgehead atoms. The monoisotopic (exact) mass is 281 g/mol. The zero-order chi connectivity index (χ0) is 13.8. The number of H-pyrrole nitrogens is 1. The highest BCUT2D eigenvalue weighted by Crippen LogP contribution is 2.14. The molecule has 3 aromatic rings. The van der Waals surface area contributed by atoms with E-state index in [1.54, 1.807) is 0 Å². The van der Waals surface area contributed by atoms with Gasteiger partial charge in [-0.1, -0.05) is 36.4 Å². The third-order valence-electron chi connectivity index (χ3n) is 3.06. The highest BCUT2D eigenvalue weighted by atomic mass is 32.1. The van der Waals surface area contributed by atoms with E-state index in [9.17, 15) is 0 Å². The van der Waals surface area contributed by atoms with Crippen LogP contribution in [0.3, 0.4) is 0 Å². The quantitative estimate of drug-likeness (QED) is 0.642. The van der Waals surface area contributed by atoms with E-state index in [4.69, 9.17) is 12.2 Å². The van der Waals surface area contributed by atoms with Gasteiger partial charge in [0.2, 0.25) is 0 Å². The molecule has 0 radical (unpaired) electrons. The SMILES string of the molecule is S=C(NCc1cc2ccccc2[nH]1)Nc1ccccc1. The molecule has 0 unspecified atom stereocenters. The van der Waals surface area contributed by atoms with Gasteiger partial charge < -0.3 is 15.6 Å². The van der Waals surface area contributed by atoms with Crippen LogP contribution >= 0.6 is 12.2 Å². The second kappa shape index (κ2) is 5.75. The summed E-state index contributed by atoms with van der Waals surface area (Å²) in [5, 5.41) is 8.18. The first kappa shape index (κ1) is 12.7. The Bertz CT molecular complexity index is 686. The highest BCUT2D eigenvalue weighted by Gasteiger charge is 2.01. The van der Waals surface area contributed by atoms with Crippen molar-refractivity contribution in [3.05, 3.63) is 66.4 Å². The number of hydrogen-bond donors (Lipinski definition) is 3. The van der Waals surface area contributed by atoms with E-state index in [0.29, 0.717) is 11.7 Å². The van der Waals surface area contributed by atoms with Crippen LogP contribution in [-0.4, -0.2) is 10.1 Å².